The molecule has 0 unspecified atom stereocenters. The summed E-state index contributed by atoms with van der Waals surface area (Å²) in [7, 11) is 1.46. The number of nitrogens with zero attached hydrogens (tertiary/aromatic N) is 2. The highest BCUT2D eigenvalue weighted by atomic mass is 16.4. The zero-order chi connectivity index (χ0) is 14.4. The Labute approximate surface area is 108 Å². The Morgan fingerprint density at radius 2 is 2.16 bits per heavy atom. The second-order valence-electron chi connectivity index (χ2n) is 3.90. The summed E-state index contributed by atoms with van der Waals surface area (Å²) in [6.45, 7) is 0.224. The van der Waals surface area contributed by atoms with Crippen LogP contribution in [0.5, 0.6) is 0 Å². The lowest BCUT2D eigenvalue weighted by Crippen LogP contribution is -2.47. The molecule has 0 fully saturated rings. The number of urea groups is 1. The number of carboxylic acid groups (broad SMARTS) is 2. The van der Waals surface area contributed by atoms with Gasteiger partial charge in [-0.05, 0) is 0 Å². The minimum Gasteiger partial charge on any atom is -0.481 e. The average Bonchev–Trinajstić information content (AvgIpc) is 2.79. The summed E-state index contributed by atoms with van der Waals surface area (Å²) in [5.74, 6) is -2.70. The Balaban J connectivity index is 2.56. The zero-order valence-corrected chi connectivity index (χ0v) is 10.2. The van der Waals surface area contributed by atoms with Crippen LogP contribution >= 0.6 is 0 Å². The van der Waals surface area contributed by atoms with Crippen molar-refractivity contribution in [2.24, 2.45) is 0 Å². The lowest BCUT2D eigenvalue weighted by Gasteiger charge is -2.20. The third-order valence-electron chi connectivity index (χ3n) is 2.30. The maximum Gasteiger partial charge on any atom is 0.326 e. The lowest BCUT2D eigenvalue weighted by atomic mass is 10.2. The fourth-order valence-corrected chi connectivity index (χ4v) is 1.34. The van der Waals surface area contributed by atoms with Crippen molar-refractivity contribution in [1.29, 1.82) is 0 Å². The second kappa shape index (κ2) is 6.38. The summed E-state index contributed by atoms with van der Waals surface area (Å²) in [6, 6.07) is -2.13. The Morgan fingerprint density at radius 1 is 1.47 bits per heavy atom. The Morgan fingerprint density at radius 3 is 2.63 bits per heavy atom. The molecule has 0 aliphatic rings. The summed E-state index contributed by atoms with van der Waals surface area (Å²) in [5, 5.41) is 25.8. The third-order valence-corrected chi connectivity index (χ3v) is 2.30. The molecule has 1 atom stereocenters. The Hall–Kier alpha value is -2.58. The number of aromatic amines is 1. The quantitative estimate of drug-likeness (QED) is 0.549. The van der Waals surface area contributed by atoms with Gasteiger partial charge < -0.3 is 20.4 Å². The first kappa shape index (κ1) is 14.5. The maximum absolute atomic E-state index is 11.7. The molecule has 9 nitrogen and oxygen atoms in total. The molecule has 9 heteroatoms. The van der Waals surface area contributed by atoms with Crippen molar-refractivity contribution in [2.45, 2.75) is 19.0 Å². The van der Waals surface area contributed by atoms with E-state index in [2.05, 4.69) is 15.5 Å². The average molecular weight is 270 g/mol. The van der Waals surface area contributed by atoms with Crippen LogP contribution in [0.3, 0.4) is 0 Å². The van der Waals surface area contributed by atoms with Gasteiger partial charge in [-0.15, -0.1) is 0 Å². The number of H-pyrrole nitrogens is 1. The van der Waals surface area contributed by atoms with Crippen LogP contribution in [-0.4, -0.2) is 56.4 Å². The first-order chi connectivity index (χ1) is 8.90. The van der Waals surface area contributed by atoms with Crippen molar-refractivity contribution in [1.82, 2.24) is 20.4 Å². The van der Waals surface area contributed by atoms with E-state index in [4.69, 9.17) is 10.2 Å². The van der Waals surface area contributed by atoms with Crippen molar-refractivity contribution >= 4 is 18.0 Å². The topological polar surface area (TPSA) is 136 Å². The third kappa shape index (κ3) is 4.66. The summed E-state index contributed by atoms with van der Waals surface area (Å²) < 4.78 is 0. The van der Waals surface area contributed by atoms with E-state index in [-0.39, 0.29) is 6.54 Å². The van der Waals surface area contributed by atoms with Crippen molar-refractivity contribution < 1.29 is 24.6 Å². The molecule has 0 aliphatic carbocycles. The normalized spacial score (nSPS) is 11.6. The summed E-state index contributed by atoms with van der Waals surface area (Å²) >= 11 is 0. The van der Waals surface area contributed by atoms with Gasteiger partial charge in [0.1, 0.15) is 6.04 Å². The van der Waals surface area contributed by atoms with Gasteiger partial charge in [-0.25, -0.2) is 9.59 Å². The molecule has 0 saturated carbocycles. The highest BCUT2D eigenvalue weighted by Crippen LogP contribution is 2.01. The standard InChI is InChI=1S/C10H14N4O5/c1-14(5-6-3-11-12-4-6)10(19)13-7(9(17)18)2-8(15)16/h3-4,7H,2,5H2,1H3,(H,11,12)(H,13,19)(H,15,16)(H,17,18)/t7-/m0/s1. The van der Waals surface area contributed by atoms with Gasteiger partial charge in [0.2, 0.25) is 0 Å². The minimum absolute atomic E-state index is 0.224. The molecule has 0 spiro atoms. The number of amides is 2. The lowest BCUT2D eigenvalue weighted by molar-refractivity contribution is -0.145. The van der Waals surface area contributed by atoms with Gasteiger partial charge in [-0.2, -0.15) is 5.10 Å². The Bertz CT molecular complexity index is 458. The van der Waals surface area contributed by atoms with Gasteiger partial charge in [0, 0.05) is 18.8 Å². The number of nitrogens with one attached hydrogen (secondary N) is 2. The molecular formula is C10H14N4O5. The molecule has 0 bridgehead atoms. The number of hydrogen-bond donors (Lipinski definition) is 4. The number of carbonyl (C=O) groups excluding carboxylic acids is 1. The number of carbonyl (C=O) groups is 3. The number of rotatable bonds is 6. The highest BCUT2D eigenvalue weighted by molar-refractivity contribution is 5.86. The van der Waals surface area contributed by atoms with E-state index in [1.807, 2.05) is 0 Å². The second-order valence-corrected chi connectivity index (χ2v) is 3.90. The van der Waals surface area contributed by atoms with Gasteiger partial charge in [0.05, 0.1) is 19.2 Å². The number of carboxylic acids is 2. The maximum atomic E-state index is 11.7. The van der Waals surface area contributed by atoms with E-state index in [1.54, 1.807) is 6.20 Å². The fourth-order valence-electron chi connectivity index (χ4n) is 1.34. The largest absolute Gasteiger partial charge is 0.481 e. The summed E-state index contributed by atoms with van der Waals surface area (Å²) in [4.78, 5) is 34.2. The first-order valence-corrected chi connectivity index (χ1v) is 5.34. The van der Waals surface area contributed by atoms with Crippen molar-refractivity contribution in [3.8, 4) is 0 Å². The van der Waals surface area contributed by atoms with Gasteiger partial charge in [-0.3, -0.25) is 9.89 Å². The fraction of sp³-hybridized carbons (Fsp3) is 0.400. The molecule has 0 radical (unpaired) electrons. The number of aliphatic carboxylic acids is 2. The van der Waals surface area contributed by atoms with Gasteiger partial charge in [0.15, 0.2) is 0 Å². The molecule has 1 heterocycles. The zero-order valence-electron chi connectivity index (χ0n) is 10.2. The van der Waals surface area contributed by atoms with Crippen LogP contribution in [0, 0.1) is 0 Å². The van der Waals surface area contributed by atoms with Crippen LogP contribution < -0.4 is 5.32 Å². The molecule has 1 rings (SSSR count). The summed E-state index contributed by atoms with van der Waals surface area (Å²) in [5.41, 5.74) is 0.739. The molecule has 2 amide bonds. The van der Waals surface area contributed by atoms with Crippen LogP contribution in [0.4, 0.5) is 4.79 Å². The van der Waals surface area contributed by atoms with Crippen LogP contribution in [0.1, 0.15) is 12.0 Å². The molecule has 1 aromatic heterocycles. The highest BCUT2D eigenvalue weighted by Gasteiger charge is 2.24. The predicted molar refractivity (Wildman–Crippen MR) is 62.3 cm³/mol. The summed E-state index contributed by atoms with van der Waals surface area (Å²) in [6.07, 6.45) is 2.44. The smallest absolute Gasteiger partial charge is 0.326 e. The van der Waals surface area contributed by atoms with Crippen molar-refractivity contribution in [2.75, 3.05) is 7.05 Å². The van der Waals surface area contributed by atoms with Crippen molar-refractivity contribution in [3.63, 3.8) is 0 Å². The molecule has 0 aliphatic heterocycles. The van der Waals surface area contributed by atoms with Gasteiger partial charge in [-0.1, -0.05) is 0 Å². The monoisotopic (exact) mass is 270 g/mol. The molecule has 0 aromatic carbocycles. The molecule has 0 saturated heterocycles. The molecular weight excluding hydrogens is 256 g/mol. The van der Waals surface area contributed by atoms with Crippen LogP contribution in [0.15, 0.2) is 12.4 Å². The van der Waals surface area contributed by atoms with Crippen LogP contribution in [0.25, 0.3) is 0 Å². The van der Waals surface area contributed by atoms with E-state index in [0.717, 1.165) is 5.56 Å². The van der Waals surface area contributed by atoms with E-state index in [0.29, 0.717) is 0 Å². The number of aromatic nitrogens is 2. The Kier molecular flexibility index (Phi) is 4.86. The van der Waals surface area contributed by atoms with Crippen LogP contribution in [0.2, 0.25) is 0 Å². The minimum atomic E-state index is -1.46. The van der Waals surface area contributed by atoms with E-state index < -0.39 is 30.4 Å². The SMILES string of the molecule is CN(Cc1cn[nH]c1)C(=O)N[C@@H](CC(=O)O)C(=O)O. The van der Waals surface area contributed by atoms with E-state index in [9.17, 15) is 14.4 Å². The van der Waals surface area contributed by atoms with E-state index >= 15 is 0 Å². The van der Waals surface area contributed by atoms with Crippen LogP contribution in [-0.2, 0) is 16.1 Å². The molecule has 104 valence electrons. The van der Waals surface area contributed by atoms with Gasteiger partial charge >= 0.3 is 18.0 Å². The van der Waals surface area contributed by atoms with E-state index in [1.165, 1.54) is 18.1 Å². The van der Waals surface area contributed by atoms with Gasteiger partial charge in [0.25, 0.3) is 0 Å². The predicted octanol–water partition coefficient (Wildman–Crippen LogP) is -0.521. The molecule has 1 aromatic rings. The molecule has 4 N–H and O–H groups in total. The first-order valence-electron chi connectivity index (χ1n) is 5.34. The molecule has 19 heavy (non-hydrogen) atoms. The van der Waals surface area contributed by atoms with Crippen molar-refractivity contribution in [3.05, 3.63) is 18.0 Å². The number of hydrogen-bond acceptors (Lipinski definition) is 4.